The molecule has 0 fully saturated rings. The second-order valence-corrected chi connectivity index (χ2v) is 11.1. The van der Waals surface area contributed by atoms with Crippen molar-refractivity contribution in [1.29, 1.82) is 0 Å². The molecule has 4 aromatic carbocycles. The number of nitrogens with one attached hydrogen (secondary N) is 1. The maximum Gasteiger partial charge on any atom is 0.326 e. The number of amides is 1. The second kappa shape index (κ2) is 15.2. The number of nitrogens with zero attached hydrogens (tertiary/aromatic N) is 1. The van der Waals surface area contributed by atoms with E-state index in [4.69, 9.17) is 5.26 Å². The highest BCUT2D eigenvalue weighted by Crippen LogP contribution is 2.30. The number of benzene rings is 4. The number of anilines is 1. The monoisotopic (exact) mass is 584 g/mol. The Bertz CT molecular complexity index is 1480. The van der Waals surface area contributed by atoms with Crippen LogP contribution in [-0.2, 0) is 29.4 Å². The van der Waals surface area contributed by atoms with E-state index in [0.717, 1.165) is 39.1 Å². The summed E-state index contributed by atoms with van der Waals surface area (Å²) < 4.78 is 0. The molecule has 0 heterocycles. The van der Waals surface area contributed by atoms with Gasteiger partial charge in [0.15, 0.2) is 0 Å². The third kappa shape index (κ3) is 8.22. The lowest BCUT2D eigenvalue weighted by atomic mass is 9.93. The van der Waals surface area contributed by atoms with Crippen molar-refractivity contribution in [2.45, 2.75) is 39.1 Å². The lowest BCUT2D eigenvalue weighted by Gasteiger charge is -2.26. The largest absolute Gasteiger partial charge is 0.480 e. The lowest BCUT2D eigenvalue weighted by molar-refractivity contribution is -0.253. The first-order valence-electron chi connectivity index (χ1n) is 13.7. The molecule has 218 valence electrons. The Hall–Kier alpha value is -4.11. The van der Waals surface area contributed by atoms with Gasteiger partial charge in [0.2, 0.25) is 0 Å². The normalized spacial score (nSPS) is 11.6. The lowest BCUT2D eigenvalue weighted by Crippen LogP contribution is -2.41. The molecule has 1 atom stereocenters. The first-order chi connectivity index (χ1) is 20.4. The van der Waals surface area contributed by atoms with E-state index in [1.165, 1.54) is 0 Å². The number of carboxylic acid groups (broad SMARTS) is 1. The standard InChI is InChI=1S/C34H36N2O5S/c1-24-8-6-7-11-29(24)31-20-27(16-17-30(31)33(37)35-32(34(38)39)18-19-42-2)22-36(28-9-4-3-5-10-28)21-25-12-14-26(15-13-25)23-41-40/h3-17,20,32,40H,18-19,21-23H2,1-2H3,(H,35,37)(H,38,39)/t32-/m0/s1. The van der Waals surface area contributed by atoms with Gasteiger partial charge in [0.05, 0.1) is 0 Å². The van der Waals surface area contributed by atoms with Crippen molar-refractivity contribution in [2.75, 3.05) is 16.9 Å². The number of aliphatic carboxylic acids is 1. The summed E-state index contributed by atoms with van der Waals surface area (Å²) in [6.45, 7) is 3.36. The van der Waals surface area contributed by atoms with Crippen molar-refractivity contribution in [3.8, 4) is 11.1 Å². The van der Waals surface area contributed by atoms with E-state index >= 15 is 0 Å². The Morgan fingerprint density at radius 3 is 2.17 bits per heavy atom. The average molecular weight is 585 g/mol. The van der Waals surface area contributed by atoms with E-state index in [2.05, 4.69) is 27.2 Å². The Labute approximate surface area is 251 Å². The number of thioether (sulfide) groups is 1. The quantitative estimate of drug-likeness (QED) is 0.111. The zero-order valence-electron chi connectivity index (χ0n) is 23.8. The maximum atomic E-state index is 13.5. The summed E-state index contributed by atoms with van der Waals surface area (Å²) in [6, 6.07) is 30.7. The molecule has 4 rings (SSSR count). The highest BCUT2D eigenvalue weighted by atomic mass is 32.2. The van der Waals surface area contributed by atoms with E-state index in [0.29, 0.717) is 30.8 Å². The molecule has 0 aliphatic rings. The molecular weight excluding hydrogens is 548 g/mol. The summed E-state index contributed by atoms with van der Waals surface area (Å²) >= 11 is 1.55. The Morgan fingerprint density at radius 2 is 1.50 bits per heavy atom. The highest BCUT2D eigenvalue weighted by molar-refractivity contribution is 7.98. The molecule has 3 N–H and O–H groups in total. The highest BCUT2D eigenvalue weighted by Gasteiger charge is 2.23. The van der Waals surface area contributed by atoms with Crippen LogP contribution in [0.2, 0.25) is 0 Å². The molecule has 4 aromatic rings. The number of aryl methyl sites for hydroxylation is 1. The second-order valence-electron chi connectivity index (χ2n) is 10.1. The van der Waals surface area contributed by atoms with Crippen molar-refractivity contribution in [3.63, 3.8) is 0 Å². The van der Waals surface area contributed by atoms with E-state index < -0.39 is 17.9 Å². The Kier molecular flexibility index (Phi) is 11.2. The van der Waals surface area contributed by atoms with Gasteiger partial charge in [-0.2, -0.15) is 11.8 Å². The molecule has 0 aliphatic heterocycles. The van der Waals surface area contributed by atoms with Crippen molar-refractivity contribution in [1.82, 2.24) is 5.32 Å². The van der Waals surface area contributed by atoms with Crippen LogP contribution in [0.3, 0.4) is 0 Å². The predicted molar refractivity (Wildman–Crippen MR) is 169 cm³/mol. The van der Waals surface area contributed by atoms with Crippen molar-refractivity contribution < 1.29 is 24.8 Å². The zero-order valence-corrected chi connectivity index (χ0v) is 24.6. The molecule has 0 spiro atoms. The summed E-state index contributed by atoms with van der Waals surface area (Å²) in [5.74, 6) is -0.810. The van der Waals surface area contributed by atoms with Gasteiger partial charge in [0.1, 0.15) is 12.6 Å². The smallest absolute Gasteiger partial charge is 0.326 e. The molecule has 8 heteroatoms. The molecule has 42 heavy (non-hydrogen) atoms. The van der Waals surface area contributed by atoms with E-state index in [1.807, 2.05) is 92.0 Å². The summed E-state index contributed by atoms with van der Waals surface area (Å²) in [5, 5.41) is 21.2. The van der Waals surface area contributed by atoms with Gasteiger partial charge in [-0.15, -0.1) is 0 Å². The van der Waals surface area contributed by atoms with Crippen LogP contribution >= 0.6 is 11.8 Å². The fraction of sp³-hybridized carbons (Fsp3) is 0.235. The Morgan fingerprint density at radius 1 is 0.857 bits per heavy atom. The molecule has 1 amide bonds. The number of rotatable bonds is 14. The van der Waals surface area contributed by atoms with E-state index in [-0.39, 0.29) is 6.61 Å². The predicted octanol–water partition coefficient (Wildman–Crippen LogP) is 6.79. The van der Waals surface area contributed by atoms with Crippen molar-refractivity contribution in [3.05, 3.63) is 125 Å². The summed E-state index contributed by atoms with van der Waals surface area (Å²) in [5.41, 5.74) is 7.19. The van der Waals surface area contributed by atoms with Crippen LogP contribution in [0.25, 0.3) is 11.1 Å². The van der Waals surface area contributed by atoms with Crippen LogP contribution in [0.1, 0.15) is 39.0 Å². The molecule has 0 bridgehead atoms. The molecular formula is C34H36N2O5S. The number of carboxylic acids is 1. The number of hydrogen-bond acceptors (Lipinski definition) is 6. The maximum absolute atomic E-state index is 13.5. The number of carbonyl (C=O) groups is 2. The third-order valence-corrected chi connectivity index (χ3v) is 7.74. The SMILES string of the molecule is CSCC[C@H](NC(=O)c1ccc(CN(Cc2ccc(COO)cc2)c2ccccc2)cc1-c1ccccc1C)C(=O)O. The Balaban J connectivity index is 1.68. The topological polar surface area (TPSA) is 99.1 Å². The number of carbonyl (C=O) groups excluding carboxylic acids is 1. The van der Waals surface area contributed by atoms with Crippen LogP contribution in [0.5, 0.6) is 0 Å². The van der Waals surface area contributed by atoms with E-state index in [9.17, 15) is 14.7 Å². The van der Waals surface area contributed by atoms with Crippen molar-refractivity contribution >= 4 is 29.3 Å². The minimum Gasteiger partial charge on any atom is -0.480 e. The molecule has 0 aliphatic carbocycles. The van der Waals surface area contributed by atoms with Gasteiger partial charge in [-0.1, -0.05) is 72.8 Å². The zero-order chi connectivity index (χ0) is 29.9. The van der Waals surface area contributed by atoms with Gasteiger partial charge in [-0.3, -0.25) is 10.1 Å². The van der Waals surface area contributed by atoms with Crippen LogP contribution in [0.4, 0.5) is 5.69 Å². The summed E-state index contributed by atoms with van der Waals surface area (Å²) in [4.78, 5) is 31.8. The van der Waals surface area contributed by atoms with Gasteiger partial charge in [-0.25, -0.2) is 9.68 Å². The molecule has 0 saturated carbocycles. The fourth-order valence-electron chi connectivity index (χ4n) is 4.85. The molecule has 7 nitrogen and oxygen atoms in total. The third-order valence-electron chi connectivity index (χ3n) is 7.10. The van der Waals surface area contributed by atoms with E-state index in [1.54, 1.807) is 17.8 Å². The van der Waals surface area contributed by atoms with Crippen LogP contribution in [-0.4, -0.2) is 40.3 Å². The van der Waals surface area contributed by atoms with Gasteiger partial charge < -0.3 is 15.3 Å². The molecule has 0 aromatic heterocycles. The number of hydrogen-bond donors (Lipinski definition) is 3. The minimum atomic E-state index is -1.04. The minimum absolute atomic E-state index is 0.134. The summed E-state index contributed by atoms with van der Waals surface area (Å²) in [7, 11) is 0. The van der Waals surface area contributed by atoms with Gasteiger partial charge >= 0.3 is 5.97 Å². The first-order valence-corrected chi connectivity index (χ1v) is 15.1. The molecule has 0 radical (unpaired) electrons. The first kappa shape index (κ1) is 30.8. The fourth-order valence-corrected chi connectivity index (χ4v) is 5.32. The average Bonchev–Trinajstić information content (AvgIpc) is 3.00. The van der Waals surface area contributed by atoms with Crippen LogP contribution in [0.15, 0.2) is 97.1 Å². The van der Waals surface area contributed by atoms with Crippen molar-refractivity contribution in [2.24, 2.45) is 0 Å². The summed E-state index contributed by atoms with van der Waals surface area (Å²) in [6.07, 6.45) is 2.26. The number of para-hydroxylation sites is 1. The molecule has 0 saturated heterocycles. The molecule has 0 unspecified atom stereocenters. The van der Waals surface area contributed by atoms with Crippen LogP contribution in [0, 0.1) is 6.92 Å². The van der Waals surface area contributed by atoms with Crippen LogP contribution < -0.4 is 10.2 Å². The van der Waals surface area contributed by atoms with Gasteiger partial charge in [0.25, 0.3) is 5.91 Å². The van der Waals surface area contributed by atoms with Gasteiger partial charge in [0, 0.05) is 24.3 Å². The van der Waals surface area contributed by atoms with Gasteiger partial charge in [-0.05, 0) is 83.0 Å².